The molecule has 0 N–H and O–H groups in total. The highest BCUT2D eigenvalue weighted by Crippen LogP contribution is 2.27. The quantitative estimate of drug-likeness (QED) is 0.826. The van der Waals surface area contributed by atoms with Crippen LogP contribution in [0.3, 0.4) is 0 Å². The molecule has 0 spiro atoms. The van der Waals surface area contributed by atoms with Gasteiger partial charge in [0, 0.05) is 44.6 Å². The molecule has 1 aliphatic rings. The molecule has 0 saturated carbocycles. The molecule has 7 nitrogen and oxygen atoms in total. The molecule has 2 aromatic heterocycles. The number of methoxy groups -OCH3 is 1. The number of rotatable bonds is 3. The number of nitrogens with zero attached hydrogens (tertiary/aromatic N) is 5. The lowest BCUT2D eigenvalue weighted by atomic mass is 9.98. The second-order valence-electron chi connectivity index (χ2n) is 5.12. The first-order valence-electron chi connectivity index (χ1n) is 6.77. The predicted molar refractivity (Wildman–Crippen MR) is 74.6 cm³/mol. The monoisotopic (exact) mass is 287 g/mol. The minimum Gasteiger partial charge on any atom is -0.384 e. The minimum absolute atomic E-state index is 0.0187. The summed E-state index contributed by atoms with van der Waals surface area (Å²) < 4.78 is 7.05. The Morgan fingerprint density at radius 3 is 2.90 bits per heavy atom. The lowest BCUT2D eigenvalue weighted by Crippen LogP contribution is -2.40. The van der Waals surface area contributed by atoms with Gasteiger partial charge in [0.2, 0.25) is 0 Å². The van der Waals surface area contributed by atoms with Crippen molar-refractivity contribution in [3.05, 3.63) is 41.5 Å². The van der Waals surface area contributed by atoms with Crippen molar-refractivity contribution in [1.29, 1.82) is 0 Å². The van der Waals surface area contributed by atoms with Crippen LogP contribution in [0.25, 0.3) is 0 Å². The summed E-state index contributed by atoms with van der Waals surface area (Å²) in [6.45, 7) is 1.61. The van der Waals surface area contributed by atoms with E-state index in [2.05, 4.69) is 15.3 Å². The second-order valence-corrected chi connectivity index (χ2v) is 5.12. The maximum atomic E-state index is 12.6. The van der Waals surface area contributed by atoms with E-state index in [9.17, 15) is 4.79 Å². The summed E-state index contributed by atoms with van der Waals surface area (Å²) >= 11 is 0. The molecule has 3 heterocycles. The molecule has 0 aromatic carbocycles. The summed E-state index contributed by atoms with van der Waals surface area (Å²) in [6, 6.07) is 3.44. The summed E-state index contributed by atoms with van der Waals surface area (Å²) in [4.78, 5) is 18.3. The van der Waals surface area contributed by atoms with Crippen LogP contribution in [0.2, 0.25) is 0 Å². The van der Waals surface area contributed by atoms with Crippen LogP contribution in [0, 0.1) is 0 Å². The fraction of sp³-hybridized carbons (Fsp3) is 0.429. The largest absolute Gasteiger partial charge is 0.384 e. The Bertz CT molecular complexity index is 640. The number of aryl methyl sites for hydroxylation is 1. The van der Waals surface area contributed by atoms with E-state index in [1.54, 1.807) is 41.2 Å². The van der Waals surface area contributed by atoms with Crippen LogP contribution in [0.1, 0.15) is 27.7 Å². The summed E-state index contributed by atoms with van der Waals surface area (Å²) in [5.41, 5.74) is 2.53. The number of hydrogen-bond donors (Lipinski definition) is 0. The molecule has 0 radical (unpaired) electrons. The van der Waals surface area contributed by atoms with Crippen molar-refractivity contribution >= 4 is 5.91 Å². The van der Waals surface area contributed by atoms with Crippen LogP contribution in [0.15, 0.2) is 24.5 Å². The second kappa shape index (κ2) is 5.61. The van der Waals surface area contributed by atoms with Crippen LogP contribution >= 0.6 is 0 Å². The van der Waals surface area contributed by atoms with E-state index in [1.165, 1.54) is 0 Å². The first-order valence-corrected chi connectivity index (χ1v) is 6.77. The highest BCUT2D eigenvalue weighted by molar-refractivity contribution is 5.94. The number of hydrogen-bond acceptors (Lipinski definition) is 5. The Labute approximate surface area is 122 Å². The van der Waals surface area contributed by atoms with Gasteiger partial charge in [0.1, 0.15) is 5.69 Å². The summed E-state index contributed by atoms with van der Waals surface area (Å²) in [7, 11) is 3.53. The van der Waals surface area contributed by atoms with Gasteiger partial charge >= 0.3 is 0 Å². The number of carbonyl (C=O) groups is 1. The Balaban J connectivity index is 1.88. The third-order valence-electron chi connectivity index (χ3n) is 3.69. The SMILES string of the molecule is COCC1CN(C(=O)c2ccncc2)Cc2nnn(C)c21. The van der Waals surface area contributed by atoms with E-state index in [0.29, 0.717) is 25.3 Å². The molecule has 1 amide bonds. The molecule has 1 aliphatic heterocycles. The zero-order valence-corrected chi connectivity index (χ0v) is 12.1. The molecular weight excluding hydrogens is 270 g/mol. The normalized spacial score (nSPS) is 17.6. The molecule has 7 heteroatoms. The Morgan fingerprint density at radius 2 is 2.19 bits per heavy atom. The van der Waals surface area contributed by atoms with Crippen molar-refractivity contribution in [2.75, 3.05) is 20.3 Å². The smallest absolute Gasteiger partial charge is 0.254 e. The van der Waals surface area contributed by atoms with E-state index in [4.69, 9.17) is 4.74 Å². The van der Waals surface area contributed by atoms with Crippen LogP contribution in [-0.4, -0.2) is 51.0 Å². The molecule has 0 saturated heterocycles. The molecule has 0 fully saturated rings. The van der Waals surface area contributed by atoms with E-state index >= 15 is 0 Å². The number of pyridine rings is 1. The lowest BCUT2D eigenvalue weighted by molar-refractivity contribution is 0.0673. The molecule has 0 bridgehead atoms. The van der Waals surface area contributed by atoms with Crippen molar-refractivity contribution in [3.63, 3.8) is 0 Å². The summed E-state index contributed by atoms with van der Waals surface area (Å²) in [6.07, 6.45) is 3.25. The summed E-state index contributed by atoms with van der Waals surface area (Å²) in [5.74, 6) is 0.0688. The molecule has 3 rings (SSSR count). The lowest BCUT2D eigenvalue weighted by Gasteiger charge is -2.32. The minimum atomic E-state index is -0.0187. The number of amides is 1. The average molecular weight is 287 g/mol. The van der Waals surface area contributed by atoms with E-state index < -0.39 is 0 Å². The van der Waals surface area contributed by atoms with Crippen LogP contribution in [0.5, 0.6) is 0 Å². The highest BCUT2D eigenvalue weighted by Gasteiger charge is 2.32. The van der Waals surface area contributed by atoms with Gasteiger partial charge < -0.3 is 9.64 Å². The van der Waals surface area contributed by atoms with Gasteiger partial charge in [0.25, 0.3) is 5.91 Å². The van der Waals surface area contributed by atoms with E-state index in [-0.39, 0.29) is 11.8 Å². The highest BCUT2D eigenvalue weighted by atomic mass is 16.5. The fourth-order valence-electron chi connectivity index (χ4n) is 2.78. The van der Waals surface area contributed by atoms with Gasteiger partial charge in [-0.2, -0.15) is 0 Å². The number of ether oxygens (including phenoxy) is 1. The zero-order chi connectivity index (χ0) is 14.8. The van der Waals surface area contributed by atoms with Crippen molar-refractivity contribution < 1.29 is 9.53 Å². The standard InChI is InChI=1S/C14H17N5O2/c1-18-13-11(9-21-2)7-19(8-12(13)16-17-18)14(20)10-3-5-15-6-4-10/h3-6,11H,7-9H2,1-2H3. The first kappa shape index (κ1) is 13.7. The van der Waals surface area contributed by atoms with Crippen molar-refractivity contribution in [3.8, 4) is 0 Å². The molecule has 2 aromatic rings. The Morgan fingerprint density at radius 1 is 1.43 bits per heavy atom. The average Bonchev–Trinajstić information content (AvgIpc) is 2.89. The van der Waals surface area contributed by atoms with Gasteiger partial charge in [-0.1, -0.05) is 5.21 Å². The predicted octanol–water partition coefficient (Wildman–Crippen LogP) is 0.596. The Hall–Kier alpha value is -2.28. The first-order chi connectivity index (χ1) is 10.2. The third-order valence-corrected chi connectivity index (χ3v) is 3.69. The van der Waals surface area contributed by atoms with Crippen molar-refractivity contribution in [2.24, 2.45) is 7.05 Å². The van der Waals surface area contributed by atoms with Crippen molar-refractivity contribution in [1.82, 2.24) is 24.9 Å². The van der Waals surface area contributed by atoms with Gasteiger partial charge in [0.05, 0.1) is 18.8 Å². The fourth-order valence-corrected chi connectivity index (χ4v) is 2.78. The van der Waals surface area contributed by atoms with Gasteiger partial charge in [0.15, 0.2) is 0 Å². The number of aromatic nitrogens is 4. The van der Waals surface area contributed by atoms with E-state index in [1.807, 2.05) is 7.05 Å². The number of carbonyl (C=O) groups excluding carboxylic acids is 1. The molecule has 110 valence electrons. The van der Waals surface area contributed by atoms with Crippen molar-refractivity contribution in [2.45, 2.75) is 12.5 Å². The maximum Gasteiger partial charge on any atom is 0.254 e. The van der Waals surface area contributed by atoms with E-state index in [0.717, 1.165) is 11.4 Å². The van der Waals surface area contributed by atoms with Gasteiger partial charge in [-0.05, 0) is 12.1 Å². The molecule has 21 heavy (non-hydrogen) atoms. The number of fused-ring (bicyclic) bond motifs is 1. The van der Waals surface area contributed by atoms with Gasteiger partial charge in [-0.3, -0.25) is 14.5 Å². The summed E-state index contributed by atoms with van der Waals surface area (Å²) in [5, 5.41) is 8.23. The zero-order valence-electron chi connectivity index (χ0n) is 12.1. The third kappa shape index (κ3) is 2.52. The molecule has 1 unspecified atom stereocenters. The maximum absolute atomic E-state index is 12.6. The van der Waals surface area contributed by atoms with Gasteiger partial charge in [-0.15, -0.1) is 5.10 Å². The van der Waals surface area contributed by atoms with Gasteiger partial charge in [-0.25, -0.2) is 0 Å². The topological polar surface area (TPSA) is 73.1 Å². The molecule has 0 aliphatic carbocycles. The molecule has 1 atom stereocenters. The van der Waals surface area contributed by atoms with Crippen LogP contribution in [-0.2, 0) is 18.3 Å². The molecular formula is C14H17N5O2. The van der Waals surface area contributed by atoms with Crippen LogP contribution < -0.4 is 0 Å². The van der Waals surface area contributed by atoms with Crippen LogP contribution in [0.4, 0.5) is 0 Å². The Kier molecular flexibility index (Phi) is 3.66.